The molecule has 2 aliphatic rings. The molecule has 166 valence electrons. The fourth-order valence-corrected chi connectivity index (χ4v) is 5.84. The number of carbonyl (C=O) groups is 2. The Morgan fingerprint density at radius 2 is 1.87 bits per heavy atom. The summed E-state index contributed by atoms with van der Waals surface area (Å²) in [5.41, 5.74) is 1.06. The highest BCUT2D eigenvalue weighted by atomic mass is 32.2. The molecule has 0 bridgehead atoms. The third-order valence-corrected chi connectivity index (χ3v) is 7.70. The third-order valence-electron chi connectivity index (χ3n) is 6.18. The summed E-state index contributed by atoms with van der Waals surface area (Å²) in [4.78, 5) is 29.1. The van der Waals surface area contributed by atoms with E-state index in [2.05, 4.69) is 4.72 Å². The number of hydrogen-bond acceptors (Lipinski definition) is 4. The summed E-state index contributed by atoms with van der Waals surface area (Å²) < 4.78 is 27.0. The second-order valence-corrected chi connectivity index (χ2v) is 10.3. The van der Waals surface area contributed by atoms with Gasteiger partial charge in [0.05, 0.1) is 17.7 Å². The van der Waals surface area contributed by atoms with Crippen LogP contribution in [0.2, 0.25) is 0 Å². The summed E-state index contributed by atoms with van der Waals surface area (Å²) >= 11 is 0. The lowest BCUT2D eigenvalue weighted by atomic mass is 10.0. The summed E-state index contributed by atoms with van der Waals surface area (Å²) in [6.45, 7) is 5.46. The van der Waals surface area contributed by atoms with Gasteiger partial charge in [0, 0.05) is 32.1 Å². The maximum Gasteiger partial charge on any atom is 0.227 e. The Morgan fingerprint density at radius 3 is 2.50 bits per heavy atom. The van der Waals surface area contributed by atoms with Crippen molar-refractivity contribution in [3.05, 3.63) is 35.9 Å². The predicted molar refractivity (Wildman–Crippen MR) is 116 cm³/mol. The molecular weight excluding hydrogens is 402 g/mol. The number of sulfonamides is 1. The van der Waals surface area contributed by atoms with Gasteiger partial charge in [0.15, 0.2) is 0 Å². The second kappa shape index (κ2) is 9.92. The monoisotopic (exact) mass is 435 g/mol. The van der Waals surface area contributed by atoms with E-state index >= 15 is 0 Å². The summed E-state index contributed by atoms with van der Waals surface area (Å²) in [5, 5.41) is 0. The Balaban J connectivity index is 1.51. The van der Waals surface area contributed by atoms with Gasteiger partial charge < -0.3 is 9.80 Å². The molecule has 1 aromatic rings. The van der Waals surface area contributed by atoms with Gasteiger partial charge in [-0.05, 0) is 31.7 Å². The van der Waals surface area contributed by atoms with Gasteiger partial charge in [-0.3, -0.25) is 9.59 Å². The Kier molecular flexibility index (Phi) is 7.52. The Hall–Kier alpha value is -1.93. The fraction of sp³-hybridized carbons (Fsp3) is 0.636. The normalized spacial score (nSPS) is 21.8. The number of nitrogens with one attached hydrogen (secondary N) is 1. The molecule has 1 N–H and O–H groups in total. The first-order chi connectivity index (χ1) is 14.3. The third kappa shape index (κ3) is 5.60. The molecule has 8 heteroatoms. The van der Waals surface area contributed by atoms with Crippen LogP contribution in [0.15, 0.2) is 30.3 Å². The molecule has 3 rings (SSSR count). The summed E-state index contributed by atoms with van der Waals surface area (Å²) in [6.07, 6.45) is 2.97. The lowest BCUT2D eigenvalue weighted by Gasteiger charge is -2.34. The zero-order valence-electron chi connectivity index (χ0n) is 17.9. The molecule has 2 fully saturated rings. The number of benzene rings is 1. The molecule has 1 aromatic carbocycles. The van der Waals surface area contributed by atoms with Gasteiger partial charge in [-0.25, -0.2) is 13.1 Å². The van der Waals surface area contributed by atoms with Gasteiger partial charge in [-0.2, -0.15) is 0 Å². The fourth-order valence-electron chi connectivity index (χ4n) is 4.31. The van der Waals surface area contributed by atoms with Crippen LogP contribution >= 0.6 is 0 Å². The minimum absolute atomic E-state index is 0.0124. The molecule has 0 saturated carbocycles. The summed E-state index contributed by atoms with van der Waals surface area (Å²) in [7, 11) is -3.25. The van der Waals surface area contributed by atoms with E-state index in [4.69, 9.17) is 0 Å². The van der Waals surface area contributed by atoms with Crippen LogP contribution in [0.4, 0.5) is 0 Å². The number of nitrogens with zero attached hydrogens (tertiary/aromatic N) is 2. The zero-order valence-corrected chi connectivity index (χ0v) is 18.7. The standard InChI is InChI=1S/C22H33N3O4S/c1-3-4-14-30(28,29)23-20-10-12-24(13-11-20)22(27)19-15-21(26)25(16-19)17(2)18-8-6-5-7-9-18/h5-9,17,19-20,23H,3-4,10-16H2,1-2H3. The molecule has 30 heavy (non-hydrogen) atoms. The van der Waals surface area contributed by atoms with Crippen LogP contribution in [-0.2, 0) is 19.6 Å². The van der Waals surface area contributed by atoms with Crippen molar-refractivity contribution in [3.63, 3.8) is 0 Å². The van der Waals surface area contributed by atoms with Crippen molar-refractivity contribution in [3.8, 4) is 0 Å². The van der Waals surface area contributed by atoms with Crippen LogP contribution in [0.25, 0.3) is 0 Å². The number of likely N-dealkylation sites (tertiary alicyclic amines) is 2. The highest BCUT2D eigenvalue weighted by Crippen LogP contribution is 2.30. The minimum atomic E-state index is -3.25. The Bertz CT molecular complexity index is 835. The molecule has 0 aromatic heterocycles. The molecule has 2 atom stereocenters. The number of amides is 2. The van der Waals surface area contributed by atoms with Crippen molar-refractivity contribution < 1.29 is 18.0 Å². The second-order valence-electron chi connectivity index (χ2n) is 8.42. The quantitative estimate of drug-likeness (QED) is 0.679. The van der Waals surface area contributed by atoms with Gasteiger partial charge in [-0.15, -0.1) is 0 Å². The number of hydrogen-bond donors (Lipinski definition) is 1. The van der Waals surface area contributed by atoms with Crippen molar-refractivity contribution in [1.82, 2.24) is 14.5 Å². The van der Waals surface area contributed by atoms with Gasteiger partial charge in [-0.1, -0.05) is 43.7 Å². The number of piperidine rings is 1. The highest BCUT2D eigenvalue weighted by molar-refractivity contribution is 7.89. The van der Waals surface area contributed by atoms with Crippen molar-refractivity contribution in [1.29, 1.82) is 0 Å². The van der Waals surface area contributed by atoms with E-state index in [1.165, 1.54) is 0 Å². The number of rotatable bonds is 8. The number of carbonyl (C=O) groups excluding carboxylic acids is 2. The Morgan fingerprint density at radius 1 is 1.20 bits per heavy atom. The van der Waals surface area contributed by atoms with E-state index < -0.39 is 10.0 Å². The maximum absolute atomic E-state index is 13.0. The van der Waals surface area contributed by atoms with E-state index in [0.717, 1.165) is 12.0 Å². The van der Waals surface area contributed by atoms with Crippen molar-refractivity contribution >= 4 is 21.8 Å². The van der Waals surface area contributed by atoms with E-state index in [0.29, 0.717) is 38.9 Å². The lowest BCUT2D eigenvalue weighted by Crippen LogP contribution is -2.48. The zero-order chi connectivity index (χ0) is 21.7. The van der Waals surface area contributed by atoms with Crippen LogP contribution in [-0.4, -0.2) is 61.5 Å². The maximum atomic E-state index is 13.0. The first-order valence-corrected chi connectivity index (χ1v) is 12.6. The molecule has 2 saturated heterocycles. The van der Waals surface area contributed by atoms with Crippen LogP contribution < -0.4 is 4.72 Å². The molecule has 2 amide bonds. The molecule has 0 radical (unpaired) electrons. The topological polar surface area (TPSA) is 86.8 Å². The summed E-state index contributed by atoms with van der Waals surface area (Å²) in [6, 6.07) is 9.68. The average Bonchev–Trinajstić information content (AvgIpc) is 3.13. The van der Waals surface area contributed by atoms with E-state index in [1.807, 2.05) is 44.2 Å². The van der Waals surface area contributed by atoms with Gasteiger partial charge in [0.25, 0.3) is 0 Å². The molecule has 2 heterocycles. The van der Waals surface area contributed by atoms with Crippen molar-refractivity contribution in [2.75, 3.05) is 25.4 Å². The van der Waals surface area contributed by atoms with Crippen LogP contribution in [0.5, 0.6) is 0 Å². The van der Waals surface area contributed by atoms with Crippen LogP contribution in [0, 0.1) is 5.92 Å². The molecule has 0 aliphatic carbocycles. The van der Waals surface area contributed by atoms with Gasteiger partial charge in [0.2, 0.25) is 21.8 Å². The summed E-state index contributed by atoms with van der Waals surface area (Å²) in [5.74, 6) is -0.134. The average molecular weight is 436 g/mol. The Labute approximate surface area is 179 Å². The first kappa shape index (κ1) is 22.7. The molecule has 2 aliphatic heterocycles. The van der Waals surface area contributed by atoms with Crippen molar-refractivity contribution in [2.24, 2.45) is 5.92 Å². The van der Waals surface area contributed by atoms with Crippen molar-refractivity contribution in [2.45, 2.75) is 58.0 Å². The van der Waals surface area contributed by atoms with Crippen LogP contribution in [0.3, 0.4) is 0 Å². The van der Waals surface area contributed by atoms with Gasteiger partial charge in [0.1, 0.15) is 0 Å². The molecular formula is C22H33N3O4S. The van der Waals surface area contributed by atoms with Crippen LogP contribution in [0.1, 0.15) is 57.6 Å². The largest absolute Gasteiger partial charge is 0.342 e. The first-order valence-electron chi connectivity index (χ1n) is 10.9. The molecule has 7 nitrogen and oxygen atoms in total. The van der Waals surface area contributed by atoms with E-state index in [9.17, 15) is 18.0 Å². The van der Waals surface area contributed by atoms with E-state index in [1.54, 1.807) is 9.80 Å². The van der Waals surface area contributed by atoms with Gasteiger partial charge >= 0.3 is 0 Å². The molecule has 2 unspecified atom stereocenters. The lowest BCUT2D eigenvalue weighted by molar-refractivity contribution is -0.136. The minimum Gasteiger partial charge on any atom is -0.342 e. The van der Waals surface area contributed by atoms with E-state index in [-0.39, 0.29) is 42.0 Å². The SMILES string of the molecule is CCCCS(=O)(=O)NC1CCN(C(=O)C2CC(=O)N(C(C)c3ccccc3)C2)CC1. The number of unbranched alkanes of at least 4 members (excludes halogenated alkanes) is 1. The molecule has 0 spiro atoms. The highest BCUT2D eigenvalue weighted by Gasteiger charge is 2.39. The smallest absolute Gasteiger partial charge is 0.227 e. The predicted octanol–water partition coefficient (Wildman–Crippen LogP) is 2.31.